The summed E-state index contributed by atoms with van der Waals surface area (Å²) in [5.41, 5.74) is 7.56. The van der Waals surface area contributed by atoms with Crippen molar-refractivity contribution in [2.75, 3.05) is 5.73 Å². The van der Waals surface area contributed by atoms with Gasteiger partial charge >= 0.3 is 0 Å². The van der Waals surface area contributed by atoms with E-state index in [1.165, 1.54) is 6.20 Å². The van der Waals surface area contributed by atoms with Gasteiger partial charge in [0.1, 0.15) is 5.75 Å². The van der Waals surface area contributed by atoms with Gasteiger partial charge in [0.15, 0.2) is 0 Å². The highest BCUT2D eigenvalue weighted by Crippen LogP contribution is 2.26. The topological polar surface area (TPSA) is 98.1 Å². The lowest BCUT2D eigenvalue weighted by Gasteiger charge is -1.97. The molecule has 3 N–H and O–H groups in total. The largest absolute Gasteiger partial charge is 0.508 e. The molecule has 0 saturated carbocycles. The number of benzene rings is 1. The van der Waals surface area contributed by atoms with Crippen molar-refractivity contribution in [1.29, 1.82) is 0 Å². The van der Waals surface area contributed by atoms with E-state index in [1.54, 1.807) is 36.5 Å². The van der Waals surface area contributed by atoms with Gasteiger partial charge in [-0.2, -0.15) is 4.98 Å². The molecule has 0 unspecified atom stereocenters. The SMILES string of the molecule is Nc1cnccc1-c1nc(-c2cccc(O)c2)no1. The Bertz CT molecular complexity index is 724. The minimum Gasteiger partial charge on any atom is -0.508 e. The second-order valence-electron chi connectivity index (χ2n) is 3.94. The maximum absolute atomic E-state index is 9.43. The summed E-state index contributed by atoms with van der Waals surface area (Å²) in [6, 6.07) is 8.33. The van der Waals surface area contributed by atoms with Crippen molar-refractivity contribution in [3.8, 4) is 28.6 Å². The summed E-state index contributed by atoms with van der Waals surface area (Å²) in [7, 11) is 0. The van der Waals surface area contributed by atoms with Gasteiger partial charge in [0, 0.05) is 11.8 Å². The van der Waals surface area contributed by atoms with Crippen LogP contribution in [0.3, 0.4) is 0 Å². The molecule has 2 heterocycles. The van der Waals surface area contributed by atoms with E-state index in [1.807, 2.05) is 0 Å². The van der Waals surface area contributed by atoms with E-state index < -0.39 is 0 Å². The molecule has 6 heteroatoms. The van der Waals surface area contributed by atoms with Gasteiger partial charge in [-0.3, -0.25) is 4.98 Å². The third-order valence-corrected chi connectivity index (χ3v) is 2.61. The van der Waals surface area contributed by atoms with E-state index in [0.717, 1.165) is 0 Å². The molecule has 0 fully saturated rings. The fourth-order valence-electron chi connectivity index (χ4n) is 1.70. The van der Waals surface area contributed by atoms with E-state index >= 15 is 0 Å². The van der Waals surface area contributed by atoms with E-state index in [2.05, 4.69) is 15.1 Å². The number of anilines is 1. The zero-order valence-corrected chi connectivity index (χ0v) is 9.82. The molecular weight excluding hydrogens is 244 g/mol. The van der Waals surface area contributed by atoms with Crippen LogP contribution in [0, 0.1) is 0 Å². The van der Waals surface area contributed by atoms with Crippen LogP contribution in [-0.4, -0.2) is 20.2 Å². The summed E-state index contributed by atoms with van der Waals surface area (Å²) in [6.45, 7) is 0. The lowest BCUT2D eigenvalue weighted by molar-refractivity contribution is 0.432. The fourth-order valence-corrected chi connectivity index (χ4v) is 1.70. The minimum absolute atomic E-state index is 0.146. The Hall–Kier alpha value is -2.89. The van der Waals surface area contributed by atoms with Crippen molar-refractivity contribution in [3.63, 3.8) is 0 Å². The van der Waals surface area contributed by atoms with E-state index in [0.29, 0.717) is 28.5 Å². The Labute approximate surface area is 108 Å². The van der Waals surface area contributed by atoms with Crippen molar-refractivity contribution >= 4 is 5.69 Å². The summed E-state index contributed by atoms with van der Waals surface area (Å²) >= 11 is 0. The summed E-state index contributed by atoms with van der Waals surface area (Å²) in [5.74, 6) is 0.854. The molecule has 0 aliphatic heterocycles. The van der Waals surface area contributed by atoms with Gasteiger partial charge in [0.2, 0.25) is 5.82 Å². The maximum atomic E-state index is 9.43. The van der Waals surface area contributed by atoms with Crippen molar-refractivity contribution in [2.45, 2.75) is 0 Å². The molecule has 3 rings (SSSR count). The Morgan fingerprint density at radius 3 is 2.89 bits per heavy atom. The quantitative estimate of drug-likeness (QED) is 0.726. The first-order valence-corrected chi connectivity index (χ1v) is 5.57. The molecule has 1 aromatic carbocycles. The van der Waals surface area contributed by atoms with Crippen molar-refractivity contribution in [1.82, 2.24) is 15.1 Å². The first-order chi connectivity index (χ1) is 9.24. The average Bonchev–Trinajstić information content (AvgIpc) is 2.89. The number of hydrogen-bond acceptors (Lipinski definition) is 6. The first kappa shape index (κ1) is 11.2. The summed E-state index contributed by atoms with van der Waals surface area (Å²) in [6.07, 6.45) is 3.12. The van der Waals surface area contributed by atoms with Gasteiger partial charge in [-0.1, -0.05) is 17.3 Å². The van der Waals surface area contributed by atoms with Crippen LogP contribution in [0.4, 0.5) is 5.69 Å². The van der Waals surface area contributed by atoms with Crippen LogP contribution < -0.4 is 5.73 Å². The molecule has 0 bridgehead atoms. The van der Waals surface area contributed by atoms with Crippen LogP contribution in [0.5, 0.6) is 5.75 Å². The second-order valence-corrected chi connectivity index (χ2v) is 3.94. The normalized spacial score (nSPS) is 10.5. The number of aromatic nitrogens is 3. The molecule has 6 nitrogen and oxygen atoms in total. The standard InChI is InChI=1S/C13H10N4O2/c14-11-7-15-5-4-10(11)13-16-12(17-19-13)8-2-1-3-9(18)6-8/h1-7,18H,14H2. The average molecular weight is 254 g/mol. The first-order valence-electron chi connectivity index (χ1n) is 5.57. The van der Waals surface area contributed by atoms with Crippen molar-refractivity contribution in [3.05, 3.63) is 42.7 Å². The van der Waals surface area contributed by atoms with E-state index in [-0.39, 0.29) is 5.75 Å². The smallest absolute Gasteiger partial charge is 0.260 e. The van der Waals surface area contributed by atoms with Crippen LogP contribution >= 0.6 is 0 Å². The van der Waals surface area contributed by atoms with Gasteiger partial charge in [-0.15, -0.1) is 0 Å². The predicted octanol–water partition coefficient (Wildman–Crippen LogP) is 2.09. The molecule has 0 saturated heterocycles. The summed E-state index contributed by atoms with van der Waals surface area (Å²) in [4.78, 5) is 8.16. The zero-order chi connectivity index (χ0) is 13.2. The molecule has 0 radical (unpaired) electrons. The third kappa shape index (κ3) is 2.11. The van der Waals surface area contributed by atoms with Gasteiger partial charge < -0.3 is 15.4 Å². The highest BCUT2D eigenvalue weighted by Gasteiger charge is 2.13. The van der Waals surface area contributed by atoms with Gasteiger partial charge in [-0.25, -0.2) is 0 Å². The number of hydrogen-bond donors (Lipinski definition) is 2. The molecule has 3 aromatic rings. The predicted molar refractivity (Wildman–Crippen MR) is 69.0 cm³/mol. The Balaban J connectivity index is 2.03. The zero-order valence-electron chi connectivity index (χ0n) is 9.82. The van der Waals surface area contributed by atoms with Crippen molar-refractivity contribution in [2.24, 2.45) is 0 Å². The van der Waals surface area contributed by atoms with E-state index in [9.17, 15) is 5.11 Å². The summed E-state index contributed by atoms with van der Waals surface area (Å²) < 4.78 is 5.18. The van der Waals surface area contributed by atoms with Crippen LogP contribution in [0.25, 0.3) is 22.8 Å². The molecule has 0 aliphatic carbocycles. The lowest BCUT2D eigenvalue weighted by atomic mass is 10.2. The number of nitrogen functional groups attached to an aromatic ring is 1. The second kappa shape index (κ2) is 4.41. The monoisotopic (exact) mass is 254 g/mol. The Morgan fingerprint density at radius 1 is 1.21 bits per heavy atom. The molecule has 0 amide bonds. The summed E-state index contributed by atoms with van der Waals surface area (Å²) in [5, 5.41) is 13.3. The third-order valence-electron chi connectivity index (χ3n) is 2.61. The number of aromatic hydroxyl groups is 1. The molecule has 0 aliphatic rings. The Morgan fingerprint density at radius 2 is 2.11 bits per heavy atom. The molecule has 19 heavy (non-hydrogen) atoms. The molecule has 2 aromatic heterocycles. The molecular formula is C13H10N4O2. The lowest BCUT2D eigenvalue weighted by Crippen LogP contribution is -1.90. The number of phenols is 1. The number of nitrogens with zero attached hydrogens (tertiary/aromatic N) is 3. The minimum atomic E-state index is 0.146. The molecule has 0 atom stereocenters. The highest BCUT2D eigenvalue weighted by molar-refractivity contribution is 5.70. The highest BCUT2D eigenvalue weighted by atomic mass is 16.5. The number of nitrogens with two attached hydrogens (primary N) is 1. The maximum Gasteiger partial charge on any atom is 0.260 e. The fraction of sp³-hybridized carbons (Fsp3) is 0. The van der Waals surface area contributed by atoms with Gasteiger partial charge in [0.05, 0.1) is 17.4 Å². The Kier molecular flexibility index (Phi) is 2.60. The molecule has 94 valence electrons. The van der Waals surface area contributed by atoms with Crippen LogP contribution in [0.2, 0.25) is 0 Å². The van der Waals surface area contributed by atoms with Gasteiger partial charge in [-0.05, 0) is 18.2 Å². The van der Waals surface area contributed by atoms with Crippen LogP contribution in [-0.2, 0) is 0 Å². The van der Waals surface area contributed by atoms with Crippen molar-refractivity contribution < 1.29 is 9.63 Å². The van der Waals surface area contributed by atoms with Gasteiger partial charge in [0.25, 0.3) is 5.89 Å². The number of pyridine rings is 1. The number of phenolic OH excluding ortho intramolecular Hbond substituents is 1. The number of rotatable bonds is 2. The van der Waals surface area contributed by atoms with Crippen LogP contribution in [0.15, 0.2) is 47.2 Å². The molecule has 0 spiro atoms. The van der Waals surface area contributed by atoms with E-state index in [4.69, 9.17) is 10.3 Å². The van der Waals surface area contributed by atoms with Crippen LogP contribution in [0.1, 0.15) is 0 Å².